The zero-order valence-corrected chi connectivity index (χ0v) is 14.1. The third kappa shape index (κ3) is 6.21. The smallest absolute Gasteiger partial charge is 0.0807 e. The van der Waals surface area contributed by atoms with Crippen LogP contribution in [0, 0.1) is 17.8 Å². The second kappa shape index (κ2) is 9.32. The van der Waals surface area contributed by atoms with Crippen LogP contribution in [0.5, 0.6) is 0 Å². The molecule has 0 aromatic heterocycles. The quantitative estimate of drug-likeness (QED) is 0.673. The summed E-state index contributed by atoms with van der Waals surface area (Å²) in [5, 5.41) is 19.6. The van der Waals surface area contributed by atoms with Crippen LogP contribution >= 0.6 is 0 Å². The lowest BCUT2D eigenvalue weighted by Crippen LogP contribution is -2.30. The fourth-order valence-corrected chi connectivity index (χ4v) is 2.71. The Balaban J connectivity index is 4.89. The normalized spacial score (nSPS) is 19.9. The number of ether oxygens (including phenoxy) is 1. The van der Waals surface area contributed by atoms with Gasteiger partial charge in [0, 0.05) is 31.5 Å². The van der Waals surface area contributed by atoms with Crippen molar-refractivity contribution in [3.8, 4) is 0 Å². The minimum atomic E-state index is -0.478. The van der Waals surface area contributed by atoms with E-state index < -0.39 is 6.10 Å². The van der Waals surface area contributed by atoms with Gasteiger partial charge in [-0.05, 0) is 26.3 Å². The van der Waals surface area contributed by atoms with Crippen LogP contribution in [0.25, 0.3) is 0 Å². The molecule has 3 nitrogen and oxygen atoms in total. The molecule has 0 saturated carbocycles. The van der Waals surface area contributed by atoms with Crippen molar-refractivity contribution in [3.63, 3.8) is 0 Å². The molecule has 0 radical (unpaired) electrons. The Bertz CT molecular complexity index is 329. The molecule has 0 spiro atoms. The lowest BCUT2D eigenvalue weighted by Gasteiger charge is -2.27. The van der Waals surface area contributed by atoms with E-state index in [1.807, 2.05) is 34.6 Å². The number of rotatable bonds is 8. The van der Waals surface area contributed by atoms with Gasteiger partial charge in [-0.15, -0.1) is 0 Å². The number of allylic oxidation sites excluding steroid dienone is 1. The molecule has 0 saturated heterocycles. The summed E-state index contributed by atoms with van der Waals surface area (Å²) >= 11 is 0. The molecule has 0 fully saturated rings. The largest absolute Gasteiger partial charge is 0.396 e. The highest BCUT2D eigenvalue weighted by molar-refractivity contribution is 5.12. The summed E-state index contributed by atoms with van der Waals surface area (Å²) in [6.07, 6.45) is 3.62. The van der Waals surface area contributed by atoms with E-state index in [0.29, 0.717) is 0 Å². The summed E-state index contributed by atoms with van der Waals surface area (Å²) in [5.74, 6) is 0.321. The van der Waals surface area contributed by atoms with E-state index in [2.05, 4.69) is 19.1 Å². The van der Waals surface area contributed by atoms with E-state index in [9.17, 15) is 10.2 Å². The molecule has 0 aliphatic heterocycles. The Morgan fingerprint density at radius 3 is 2.00 bits per heavy atom. The molecule has 0 aromatic carbocycles. The maximum absolute atomic E-state index is 10.3. The second-order valence-electron chi connectivity index (χ2n) is 6.18. The summed E-state index contributed by atoms with van der Waals surface area (Å²) in [6.45, 7) is 12.2. The van der Waals surface area contributed by atoms with E-state index in [4.69, 9.17) is 4.74 Å². The monoisotopic (exact) mass is 284 g/mol. The highest BCUT2D eigenvalue weighted by Gasteiger charge is 2.23. The van der Waals surface area contributed by atoms with Crippen molar-refractivity contribution in [1.82, 2.24) is 0 Å². The Labute approximate surface area is 124 Å². The van der Waals surface area contributed by atoms with Crippen LogP contribution in [0.1, 0.15) is 41.5 Å². The maximum Gasteiger partial charge on any atom is 0.0807 e. The van der Waals surface area contributed by atoms with E-state index >= 15 is 0 Å². The first-order valence-electron chi connectivity index (χ1n) is 7.39. The van der Waals surface area contributed by atoms with E-state index in [0.717, 1.165) is 5.57 Å². The van der Waals surface area contributed by atoms with Crippen molar-refractivity contribution in [1.29, 1.82) is 0 Å². The molecule has 0 aliphatic carbocycles. The van der Waals surface area contributed by atoms with Crippen LogP contribution in [0.2, 0.25) is 0 Å². The highest BCUT2D eigenvalue weighted by atomic mass is 16.5. The molecule has 0 unspecified atom stereocenters. The van der Waals surface area contributed by atoms with Gasteiger partial charge in [0.25, 0.3) is 0 Å². The molecule has 20 heavy (non-hydrogen) atoms. The standard InChI is InChI=1S/C17H32O3/c1-11(2)8-12(3)16(19)13(4)9-14(5)17(20-7)15(6)10-18/h8-9,12,14-19H,10H2,1-7H3/b13-9+/t12-,14-,15-,16-,17-/m0/s1. The van der Waals surface area contributed by atoms with Crippen molar-refractivity contribution in [3.05, 3.63) is 23.3 Å². The number of methoxy groups -OCH3 is 1. The SMILES string of the molecule is CO[C@@H]([C@@H](C)/C=C(\C)[C@@H](O)[C@@H](C)C=C(C)C)[C@@H](C)CO. The molecule has 0 amide bonds. The molecular weight excluding hydrogens is 252 g/mol. The number of aliphatic hydroxyl groups excluding tert-OH is 2. The summed E-state index contributed by atoms with van der Waals surface area (Å²) in [5.41, 5.74) is 2.16. The topological polar surface area (TPSA) is 49.7 Å². The first kappa shape index (κ1) is 19.4. The van der Waals surface area contributed by atoms with Crippen LogP contribution in [0.3, 0.4) is 0 Å². The Morgan fingerprint density at radius 2 is 1.60 bits per heavy atom. The summed E-state index contributed by atoms with van der Waals surface area (Å²) in [6, 6.07) is 0. The third-order valence-corrected chi connectivity index (χ3v) is 3.73. The molecule has 0 bridgehead atoms. The average molecular weight is 284 g/mol. The summed E-state index contributed by atoms with van der Waals surface area (Å²) < 4.78 is 5.47. The van der Waals surface area contributed by atoms with Crippen molar-refractivity contribution < 1.29 is 14.9 Å². The predicted molar refractivity (Wildman–Crippen MR) is 84.6 cm³/mol. The van der Waals surface area contributed by atoms with Crippen LogP contribution in [0.15, 0.2) is 23.3 Å². The number of aliphatic hydroxyl groups is 2. The number of hydrogen-bond donors (Lipinski definition) is 2. The van der Waals surface area contributed by atoms with Gasteiger partial charge in [0.1, 0.15) is 0 Å². The highest BCUT2D eigenvalue weighted by Crippen LogP contribution is 2.22. The van der Waals surface area contributed by atoms with E-state index in [1.165, 1.54) is 5.57 Å². The van der Waals surface area contributed by atoms with Crippen molar-refractivity contribution in [2.24, 2.45) is 17.8 Å². The zero-order valence-electron chi connectivity index (χ0n) is 14.1. The van der Waals surface area contributed by atoms with Gasteiger partial charge in [-0.25, -0.2) is 0 Å². The minimum Gasteiger partial charge on any atom is -0.396 e. The predicted octanol–water partition coefficient (Wildman–Crippen LogP) is 3.18. The summed E-state index contributed by atoms with van der Waals surface area (Å²) in [7, 11) is 1.67. The Morgan fingerprint density at radius 1 is 1.05 bits per heavy atom. The average Bonchev–Trinajstić information content (AvgIpc) is 2.37. The van der Waals surface area contributed by atoms with Crippen molar-refractivity contribution in [2.45, 2.75) is 53.8 Å². The van der Waals surface area contributed by atoms with Crippen molar-refractivity contribution in [2.75, 3.05) is 13.7 Å². The third-order valence-electron chi connectivity index (χ3n) is 3.73. The van der Waals surface area contributed by atoms with E-state index in [1.54, 1.807) is 7.11 Å². The van der Waals surface area contributed by atoms with Crippen LogP contribution in [0.4, 0.5) is 0 Å². The van der Waals surface area contributed by atoms with Gasteiger partial charge in [-0.2, -0.15) is 0 Å². The summed E-state index contributed by atoms with van der Waals surface area (Å²) in [4.78, 5) is 0. The van der Waals surface area contributed by atoms with Gasteiger partial charge >= 0.3 is 0 Å². The molecule has 0 aromatic rings. The number of hydrogen-bond acceptors (Lipinski definition) is 3. The first-order chi connectivity index (χ1) is 9.24. The first-order valence-corrected chi connectivity index (χ1v) is 7.39. The Hall–Kier alpha value is -0.640. The molecule has 2 N–H and O–H groups in total. The molecule has 0 aliphatic rings. The molecule has 5 atom stereocenters. The molecular formula is C17H32O3. The van der Waals surface area contributed by atoms with Crippen LogP contribution < -0.4 is 0 Å². The fourth-order valence-electron chi connectivity index (χ4n) is 2.71. The van der Waals surface area contributed by atoms with Crippen LogP contribution in [-0.2, 0) is 4.74 Å². The lowest BCUT2D eigenvalue weighted by molar-refractivity contribution is 0.0101. The second-order valence-corrected chi connectivity index (χ2v) is 6.18. The van der Waals surface area contributed by atoms with Gasteiger partial charge in [-0.1, -0.05) is 38.5 Å². The van der Waals surface area contributed by atoms with Gasteiger partial charge in [0.2, 0.25) is 0 Å². The molecule has 3 heteroatoms. The van der Waals surface area contributed by atoms with Crippen molar-refractivity contribution >= 4 is 0 Å². The van der Waals surface area contributed by atoms with E-state index in [-0.39, 0.29) is 30.5 Å². The Kier molecular flexibility index (Phi) is 9.03. The van der Waals surface area contributed by atoms with Gasteiger partial charge in [0.15, 0.2) is 0 Å². The molecule has 118 valence electrons. The molecule has 0 rings (SSSR count). The zero-order chi connectivity index (χ0) is 15.9. The van der Waals surface area contributed by atoms with Gasteiger partial charge < -0.3 is 14.9 Å². The fraction of sp³-hybridized carbons (Fsp3) is 0.765. The van der Waals surface area contributed by atoms with Gasteiger partial charge in [-0.3, -0.25) is 0 Å². The lowest BCUT2D eigenvalue weighted by atomic mass is 9.89. The maximum atomic E-state index is 10.3. The molecule has 0 heterocycles. The minimum absolute atomic E-state index is 0.0408. The van der Waals surface area contributed by atoms with Gasteiger partial charge in [0.05, 0.1) is 12.2 Å². The van der Waals surface area contributed by atoms with Crippen LogP contribution in [-0.4, -0.2) is 36.1 Å².